The van der Waals surface area contributed by atoms with Crippen molar-refractivity contribution in [1.29, 1.82) is 0 Å². The zero-order valence-corrected chi connectivity index (χ0v) is 18.1. The Morgan fingerprint density at radius 1 is 0.969 bits per heavy atom. The number of tetrazole rings is 1. The van der Waals surface area contributed by atoms with Gasteiger partial charge < -0.3 is 10.2 Å². The van der Waals surface area contributed by atoms with Gasteiger partial charge in [0.15, 0.2) is 0 Å². The summed E-state index contributed by atoms with van der Waals surface area (Å²) in [5.41, 5.74) is 3.82. The molecule has 0 aliphatic heterocycles. The molecule has 0 fully saturated rings. The van der Waals surface area contributed by atoms with Crippen LogP contribution in [0.25, 0.3) is 22.5 Å². The first-order chi connectivity index (χ1) is 15.4. The van der Waals surface area contributed by atoms with E-state index in [1.807, 2.05) is 24.3 Å². The van der Waals surface area contributed by atoms with Crippen LogP contribution >= 0.6 is 11.6 Å². The predicted octanol–water partition coefficient (Wildman–Crippen LogP) is 4.14. The zero-order chi connectivity index (χ0) is 22.7. The molecular formula is C23H19ClN6O2. The average Bonchev–Trinajstić information content (AvgIpc) is 3.34. The summed E-state index contributed by atoms with van der Waals surface area (Å²) in [7, 11) is 3.42. The Morgan fingerprint density at radius 3 is 2.34 bits per heavy atom. The monoisotopic (exact) mass is 446 g/mol. The molecule has 1 aromatic heterocycles. The summed E-state index contributed by atoms with van der Waals surface area (Å²) in [6.45, 7) is 0. The Bertz CT molecular complexity index is 1270. The topological polar surface area (TPSA) is 104 Å². The van der Waals surface area contributed by atoms with E-state index in [1.165, 1.54) is 4.90 Å². The number of benzene rings is 3. The van der Waals surface area contributed by atoms with Crippen LogP contribution in [0, 0.1) is 0 Å². The summed E-state index contributed by atoms with van der Waals surface area (Å²) in [4.78, 5) is 26.4. The minimum Gasteiger partial charge on any atom is -0.345 e. The molecule has 0 bridgehead atoms. The number of H-pyrrole nitrogens is 1. The Hall–Kier alpha value is -4.04. The maximum Gasteiger partial charge on any atom is 0.257 e. The third-order valence-electron chi connectivity index (χ3n) is 4.84. The lowest BCUT2D eigenvalue weighted by Gasteiger charge is -2.13. The van der Waals surface area contributed by atoms with Gasteiger partial charge >= 0.3 is 0 Å². The van der Waals surface area contributed by atoms with Crippen LogP contribution in [0.2, 0.25) is 5.02 Å². The summed E-state index contributed by atoms with van der Waals surface area (Å²) in [6.07, 6.45) is 0. The van der Waals surface area contributed by atoms with Gasteiger partial charge in [-0.3, -0.25) is 9.59 Å². The van der Waals surface area contributed by atoms with E-state index in [0.717, 1.165) is 11.1 Å². The van der Waals surface area contributed by atoms with Crippen molar-refractivity contribution in [2.75, 3.05) is 19.4 Å². The van der Waals surface area contributed by atoms with Crippen molar-refractivity contribution >= 4 is 29.1 Å². The largest absolute Gasteiger partial charge is 0.345 e. The summed E-state index contributed by atoms with van der Waals surface area (Å²) in [6, 6.07) is 19.6. The molecule has 0 atom stereocenters. The van der Waals surface area contributed by atoms with E-state index in [4.69, 9.17) is 11.6 Å². The first-order valence-corrected chi connectivity index (χ1v) is 10.1. The molecule has 9 heteroatoms. The van der Waals surface area contributed by atoms with E-state index in [-0.39, 0.29) is 11.8 Å². The van der Waals surface area contributed by atoms with Crippen LogP contribution in [0.1, 0.15) is 20.7 Å². The number of aromatic amines is 1. The number of aromatic nitrogens is 4. The van der Waals surface area contributed by atoms with Gasteiger partial charge in [-0.1, -0.05) is 41.9 Å². The molecule has 0 aliphatic carbocycles. The summed E-state index contributed by atoms with van der Waals surface area (Å²) in [5, 5.41) is 17.4. The van der Waals surface area contributed by atoms with Gasteiger partial charge in [-0.05, 0) is 52.7 Å². The summed E-state index contributed by atoms with van der Waals surface area (Å²) >= 11 is 6.16. The normalized spacial score (nSPS) is 10.6. The molecule has 0 saturated carbocycles. The van der Waals surface area contributed by atoms with E-state index in [1.54, 1.807) is 56.6 Å². The fraction of sp³-hybridized carbons (Fsp3) is 0.0870. The van der Waals surface area contributed by atoms with Gasteiger partial charge in [0, 0.05) is 25.2 Å². The van der Waals surface area contributed by atoms with Crippen LogP contribution in [0.4, 0.5) is 5.69 Å². The molecule has 8 nitrogen and oxygen atoms in total. The minimum atomic E-state index is -0.348. The van der Waals surface area contributed by atoms with Crippen molar-refractivity contribution in [3.05, 3.63) is 82.9 Å². The van der Waals surface area contributed by atoms with Gasteiger partial charge in [0.05, 0.1) is 16.3 Å². The lowest BCUT2D eigenvalue weighted by Crippen LogP contribution is -2.21. The number of hydrogen-bond acceptors (Lipinski definition) is 5. The molecule has 2 N–H and O–H groups in total. The number of nitrogens with one attached hydrogen (secondary N) is 2. The Balaban J connectivity index is 1.69. The fourth-order valence-corrected chi connectivity index (χ4v) is 3.41. The highest BCUT2D eigenvalue weighted by molar-refractivity contribution is 6.34. The van der Waals surface area contributed by atoms with Crippen molar-refractivity contribution in [3.63, 3.8) is 0 Å². The standard InChI is InChI=1S/C23H19ClN6O2/c1-30(2)23(32)15-9-7-14(8-10-15)16-11-12-20(18(13-16)21-26-28-29-27-21)25-22(31)17-5-3-4-6-19(17)24/h3-13H,1-2H3,(H,25,31)(H,26,27,28,29). The van der Waals surface area contributed by atoms with E-state index in [0.29, 0.717) is 33.2 Å². The van der Waals surface area contributed by atoms with Gasteiger partial charge in [0.1, 0.15) is 0 Å². The second-order valence-corrected chi connectivity index (χ2v) is 7.61. The molecule has 0 saturated heterocycles. The Labute approximate surface area is 189 Å². The third kappa shape index (κ3) is 4.35. The van der Waals surface area contributed by atoms with Crippen LogP contribution in [0.5, 0.6) is 0 Å². The van der Waals surface area contributed by atoms with Gasteiger partial charge in [-0.25, -0.2) is 0 Å². The summed E-state index contributed by atoms with van der Waals surface area (Å²) < 4.78 is 0. The number of anilines is 1. The highest BCUT2D eigenvalue weighted by Crippen LogP contribution is 2.31. The highest BCUT2D eigenvalue weighted by Gasteiger charge is 2.16. The number of amides is 2. The molecule has 2 amide bonds. The molecule has 3 aromatic carbocycles. The van der Waals surface area contributed by atoms with Crippen molar-refractivity contribution < 1.29 is 9.59 Å². The molecule has 32 heavy (non-hydrogen) atoms. The van der Waals surface area contributed by atoms with Crippen LogP contribution < -0.4 is 5.32 Å². The average molecular weight is 447 g/mol. The lowest BCUT2D eigenvalue weighted by molar-refractivity contribution is 0.0827. The molecule has 4 aromatic rings. The van der Waals surface area contributed by atoms with Gasteiger partial charge in [0.25, 0.3) is 11.8 Å². The molecular weight excluding hydrogens is 428 g/mol. The smallest absolute Gasteiger partial charge is 0.257 e. The molecule has 0 spiro atoms. The van der Waals surface area contributed by atoms with Crippen LogP contribution in [-0.2, 0) is 0 Å². The SMILES string of the molecule is CN(C)C(=O)c1ccc(-c2ccc(NC(=O)c3ccccc3Cl)c(-c3nn[nH]n3)c2)cc1. The Kier molecular flexibility index (Phi) is 5.96. The van der Waals surface area contributed by atoms with E-state index in [9.17, 15) is 9.59 Å². The molecule has 4 rings (SSSR count). The first-order valence-electron chi connectivity index (χ1n) is 9.70. The van der Waals surface area contributed by atoms with Crippen LogP contribution in [-0.4, -0.2) is 51.4 Å². The van der Waals surface area contributed by atoms with Crippen molar-refractivity contribution in [2.45, 2.75) is 0 Å². The minimum absolute atomic E-state index is 0.0679. The van der Waals surface area contributed by atoms with Crippen LogP contribution in [0.3, 0.4) is 0 Å². The number of nitrogens with zero attached hydrogens (tertiary/aromatic N) is 4. The van der Waals surface area contributed by atoms with E-state index in [2.05, 4.69) is 25.9 Å². The second kappa shape index (κ2) is 8.99. The van der Waals surface area contributed by atoms with Crippen molar-refractivity contribution in [3.8, 4) is 22.5 Å². The molecule has 0 aliphatic rings. The zero-order valence-electron chi connectivity index (χ0n) is 17.3. The molecule has 160 valence electrons. The number of carbonyl (C=O) groups excluding carboxylic acids is 2. The number of halogens is 1. The van der Waals surface area contributed by atoms with Gasteiger partial charge in [-0.2, -0.15) is 5.21 Å². The molecule has 0 radical (unpaired) electrons. The number of rotatable bonds is 5. The maximum absolute atomic E-state index is 12.8. The van der Waals surface area contributed by atoms with Crippen molar-refractivity contribution in [2.24, 2.45) is 0 Å². The molecule has 0 unspecified atom stereocenters. The van der Waals surface area contributed by atoms with E-state index >= 15 is 0 Å². The van der Waals surface area contributed by atoms with Gasteiger partial charge in [0.2, 0.25) is 5.82 Å². The quantitative estimate of drug-likeness (QED) is 0.479. The van der Waals surface area contributed by atoms with Gasteiger partial charge in [-0.15, -0.1) is 10.2 Å². The third-order valence-corrected chi connectivity index (χ3v) is 5.17. The second-order valence-electron chi connectivity index (χ2n) is 7.21. The van der Waals surface area contributed by atoms with E-state index < -0.39 is 0 Å². The van der Waals surface area contributed by atoms with Crippen LogP contribution in [0.15, 0.2) is 66.7 Å². The lowest BCUT2D eigenvalue weighted by atomic mass is 10.00. The maximum atomic E-state index is 12.8. The Morgan fingerprint density at radius 2 is 1.69 bits per heavy atom. The van der Waals surface area contributed by atoms with Crippen molar-refractivity contribution in [1.82, 2.24) is 25.5 Å². The summed E-state index contributed by atoms with van der Waals surface area (Å²) in [5.74, 6) is -0.0815. The highest BCUT2D eigenvalue weighted by atomic mass is 35.5. The number of carbonyl (C=O) groups is 2. The predicted molar refractivity (Wildman–Crippen MR) is 122 cm³/mol. The molecule has 1 heterocycles. The fourth-order valence-electron chi connectivity index (χ4n) is 3.19. The first kappa shape index (κ1) is 21.2. The number of hydrogen-bond donors (Lipinski definition) is 2.